The Kier molecular flexibility index (Phi) is 56.3. The first-order valence-corrected chi connectivity index (χ1v) is 31.4. The molecular weight excluding hydrogens is 851 g/mol. The van der Waals surface area contributed by atoms with Crippen molar-refractivity contribution in [1.82, 2.24) is 5.32 Å². The molecule has 3 unspecified atom stereocenters. The number of carbonyl (C=O) groups excluding carboxylic acids is 2. The van der Waals surface area contributed by atoms with Crippen LogP contribution in [0.4, 0.5) is 0 Å². The van der Waals surface area contributed by atoms with Crippen LogP contribution in [0.1, 0.15) is 355 Å². The third kappa shape index (κ3) is 52.7. The molecule has 0 saturated carbocycles. The predicted molar refractivity (Wildman–Crippen MR) is 301 cm³/mol. The van der Waals surface area contributed by atoms with Crippen LogP contribution in [0, 0.1) is 0 Å². The van der Waals surface area contributed by atoms with Crippen LogP contribution in [0.15, 0.2) is 12.2 Å². The molecular formula is C63H123NO5. The summed E-state index contributed by atoms with van der Waals surface area (Å²) in [4.78, 5) is 26.4. The summed E-state index contributed by atoms with van der Waals surface area (Å²) in [5.74, 6) is -0.450. The lowest BCUT2D eigenvalue weighted by Gasteiger charge is -2.24. The summed E-state index contributed by atoms with van der Waals surface area (Å²) in [7, 11) is 0. The second kappa shape index (κ2) is 57.5. The molecule has 1 amide bonds. The molecule has 0 aromatic rings. The molecule has 0 radical (unpaired) electrons. The highest BCUT2D eigenvalue weighted by atomic mass is 16.5. The molecule has 69 heavy (non-hydrogen) atoms. The lowest BCUT2D eigenvalue weighted by Crippen LogP contribution is -2.46. The van der Waals surface area contributed by atoms with E-state index < -0.39 is 18.2 Å². The number of hydrogen-bond donors (Lipinski definition) is 3. The summed E-state index contributed by atoms with van der Waals surface area (Å²) in [6.45, 7) is 6.54. The van der Waals surface area contributed by atoms with Crippen LogP contribution in [-0.4, -0.2) is 46.9 Å². The Labute approximate surface area is 431 Å². The highest BCUT2D eigenvalue weighted by molar-refractivity contribution is 5.77. The summed E-state index contributed by atoms with van der Waals surface area (Å²) in [6.07, 6.45) is 67.1. The van der Waals surface area contributed by atoms with Crippen molar-refractivity contribution in [1.29, 1.82) is 0 Å². The summed E-state index contributed by atoms with van der Waals surface area (Å²) < 4.78 is 5.99. The van der Waals surface area contributed by atoms with Gasteiger partial charge in [0.25, 0.3) is 0 Å². The maximum atomic E-state index is 13.3. The normalized spacial score (nSPS) is 13.1. The molecule has 3 atom stereocenters. The molecule has 0 fully saturated rings. The monoisotopic (exact) mass is 974 g/mol. The Hall–Kier alpha value is -1.40. The predicted octanol–water partition coefficient (Wildman–Crippen LogP) is 19.6. The van der Waals surface area contributed by atoms with Gasteiger partial charge in [-0.05, 0) is 51.4 Å². The summed E-state index contributed by atoms with van der Waals surface area (Å²) in [6, 6.07) is -0.698. The number of nitrogens with one attached hydrogen (secondary N) is 1. The van der Waals surface area contributed by atoms with Gasteiger partial charge in [0.15, 0.2) is 0 Å². The van der Waals surface area contributed by atoms with Gasteiger partial charge in [-0.1, -0.05) is 303 Å². The lowest BCUT2D eigenvalue weighted by atomic mass is 10.0. The summed E-state index contributed by atoms with van der Waals surface area (Å²) >= 11 is 0. The lowest BCUT2D eigenvalue weighted by molar-refractivity contribution is -0.151. The van der Waals surface area contributed by atoms with Gasteiger partial charge >= 0.3 is 5.97 Å². The van der Waals surface area contributed by atoms with Crippen molar-refractivity contribution >= 4 is 11.9 Å². The zero-order valence-electron chi connectivity index (χ0n) is 47.0. The number of aliphatic hydroxyl groups excluding tert-OH is 2. The Morgan fingerprint density at radius 2 is 0.696 bits per heavy atom. The van der Waals surface area contributed by atoms with Crippen molar-refractivity contribution in [3.05, 3.63) is 12.2 Å². The smallest absolute Gasteiger partial charge is 0.306 e. The van der Waals surface area contributed by atoms with Gasteiger partial charge < -0.3 is 20.3 Å². The minimum Gasteiger partial charge on any atom is -0.462 e. The molecule has 0 aliphatic rings. The van der Waals surface area contributed by atoms with E-state index in [1.54, 1.807) is 0 Å². The first-order chi connectivity index (χ1) is 34.0. The van der Waals surface area contributed by atoms with Crippen LogP contribution in [0.3, 0.4) is 0 Å². The molecule has 0 aliphatic carbocycles. The van der Waals surface area contributed by atoms with E-state index in [0.29, 0.717) is 19.3 Å². The first kappa shape index (κ1) is 67.6. The molecule has 3 N–H and O–H groups in total. The van der Waals surface area contributed by atoms with Crippen LogP contribution in [0.2, 0.25) is 0 Å². The van der Waals surface area contributed by atoms with Crippen molar-refractivity contribution in [2.75, 3.05) is 6.61 Å². The van der Waals surface area contributed by atoms with Crippen molar-refractivity contribution in [3.63, 3.8) is 0 Å². The zero-order valence-corrected chi connectivity index (χ0v) is 47.0. The van der Waals surface area contributed by atoms with Crippen molar-refractivity contribution < 1.29 is 24.5 Å². The van der Waals surface area contributed by atoms with Crippen LogP contribution in [0.5, 0.6) is 0 Å². The van der Waals surface area contributed by atoms with Gasteiger partial charge in [-0.25, -0.2) is 0 Å². The fourth-order valence-corrected chi connectivity index (χ4v) is 10.1. The third-order valence-corrected chi connectivity index (χ3v) is 14.8. The van der Waals surface area contributed by atoms with E-state index in [2.05, 4.69) is 38.2 Å². The second-order valence-electron chi connectivity index (χ2n) is 21.8. The van der Waals surface area contributed by atoms with E-state index in [0.717, 1.165) is 51.4 Å². The number of rotatable bonds is 58. The molecule has 0 aromatic carbocycles. The number of aliphatic hydroxyl groups is 2. The van der Waals surface area contributed by atoms with E-state index in [1.807, 2.05) is 0 Å². The highest BCUT2D eigenvalue weighted by Crippen LogP contribution is 2.19. The fraction of sp³-hybridized carbons (Fsp3) is 0.937. The van der Waals surface area contributed by atoms with Crippen LogP contribution >= 0.6 is 0 Å². The summed E-state index contributed by atoms with van der Waals surface area (Å²) in [5.41, 5.74) is 0. The molecule has 0 bridgehead atoms. The molecule has 0 aliphatic heterocycles. The summed E-state index contributed by atoms with van der Waals surface area (Å²) in [5, 5.41) is 24.0. The maximum Gasteiger partial charge on any atom is 0.306 e. The second-order valence-corrected chi connectivity index (χ2v) is 21.8. The Morgan fingerprint density at radius 1 is 0.406 bits per heavy atom. The quantitative estimate of drug-likeness (QED) is 0.0321. The van der Waals surface area contributed by atoms with E-state index in [-0.39, 0.29) is 24.9 Å². The van der Waals surface area contributed by atoms with Gasteiger partial charge in [0.1, 0.15) is 6.10 Å². The first-order valence-electron chi connectivity index (χ1n) is 31.4. The van der Waals surface area contributed by atoms with Gasteiger partial charge in [0.2, 0.25) is 5.91 Å². The average molecular weight is 975 g/mol. The number of carbonyl (C=O) groups is 2. The number of ether oxygens (including phenoxy) is 1. The molecule has 0 heterocycles. The highest BCUT2D eigenvalue weighted by Gasteiger charge is 2.24. The number of amides is 1. The van der Waals surface area contributed by atoms with Crippen molar-refractivity contribution in [2.45, 2.75) is 373 Å². The molecule has 410 valence electrons. The molecule has 0 rings (SSSR count). The Morgan fingerprint density at radius 3 is 1.03 bits per heavy atom. The SMILES string of the molecule is CCCCCCCC/C=C/CCCCCCCCCC(CC(=O)NC(CO)C(O)CCCCCCCCCCCCCCCCC)OC(=O)CCCCCCCCCCCCCCCCCCCC. The van der Waals surface area contributed by atoms with Crippen LogP contribution < -0.4 is 5.32 Å². The third-order valence-electron chi connectivity index (χ3n) is 14.8. The zero-order chi connectivity index (χ0) is 50.2. The minimum atomic E-state index is -0.785. The average Bonchev–Trinajstić information content (AvgIpc) is 3.34. The number of allylic oxidation sites excluding steroid dienone is 2. The number of esters is 1. The maximum absolute atomic E-state index is 13.3. The largest absolute Gasteiger partial charge is 0.462 e. The molecule has 6 nitrogen and oxygen atoms in total. The Balaban J connectivity index is 4.50. The van der Waals surface area contributed by atoms with Crippen LogP contribution in [0.25, 0.3) is 0 Å². The van der Waals surface area contributed by atoms with Gasteiger partial charge in [-0.2, -0.15) is 0 Å². The van der Waals surface area contributed by atoms with E-state index in [1.165, 1.54) is 257 Å². The topological polar surface area (TPSA) is 95.9 Å². The van der Waals surface area contributed by atoms with Gasteiger partial charge in [-0.3, -0.25) is 9.59 Å². The molecule has 0 saturated heterocycles. The van der Waals surface area contributed by atoms with E-state index in [9.17, 15) is 19.8 Å². The van der Waals surface area contributed by atoms with Crippen molar-refractivity contribution in [3.8, 4) is 0 Å². The number of unbranched alkanes of at least 4 members (excludes halogenated alkanes) is 44. The minimum absolute atomic E-state index is 0.0828. The van der Waals surface area contributed by atoms with Gasteiger partial charge in [0, 0.05) is 6.42 Å². The molecule has 6 heteroatoms. The Bertz CT molecular complexity index is 1050. The number of hydrogen-bond acceptors (Lipinski definition) is 5. The fourth-order valence-electron chi connectivity index (χ4n) is 10.1. The van der Waals surface area contributed by atoms with E-state index in [4.69, 9.17) is 4.74 Å². The molecule has 0 spiro atoms. The van der Waals surface area contributed by atoms with Crippen molar-refractivity contribution in [2.24, 2.45) is 0 Å². The van der Waals surface area contributed by atoms with Crippen LogP contribution in [-0.2, 0) is 14.3 Å². The van der Waals surface area contributed by atoms with Gasteiger partial charge in [0.05, 0.1) is 25.2 Å². The van der Waals surface area contributed by atoms with Gasteiger partial charge in [-0.15, -0.1) is 0 Å². The standard InChI is InChI=1S/C63H123NO5/c1-4-7-10-13-16-19-22-25-28-30-32-35-38-41-44-47-50-53-56-63(68)69-59(54-51-48-45-42-39-36-34-31-29-26-23-20-17-14-11-8-5-2)57-62(67)64-60(58-65)61(66)55-52-49-46-43-40-37-33-27-24-21-18-15-12-9-6-3/h26,29,59-61,65-66H,4-25,27-28,30-58H2,1-3H3,(H,64,67)/b29-26+. The molecule has 0 aromatic heterocycles. The van der Waals surface area contributed by atoms with E-state index >= 15 is 0 Å².